The third kappa shape index (κ3) is 3.28. The second-order valence-corrected chi connectivity index (χ2v) is 6.39. The number of rotatable bonds is 3. The van der Waals surface area contributed by atoms with Gasteiger partial charge in [-0.25, -0.2) is 4.79 Å². The van der Waals surface area contributed by atoms with Gasteiger partial charge in [0.15, 0.2) is 0 Å². The maximum absolute atomic E-state index is 12.5. The van der Waals surface area contributed by atoms with E-state index in [1.54, 1.807) is 22.8 Å². The number of carboxylic acid groups (broad SMARTS) is 1. The van der Waals surface area contributed by atoms with Crippen molar-refractivity contribution < 1.29 is 14.7 Å². The summed E-state index contributed by atoms with van der Waals surface area (Å²) in [5.41, 5.74) is -1.14. The van der Waals surface area contributed by atoms with Crippen molar-refractivity contribution in [2.45, 2.75) is 39.7 Å². The van der Waals surface area contributed by atoms with Crippen LogP contribution in [-0.2, 0) is 4.79 Å². The third-order valence-corrected chi connectivity index (χ3v) is 3.61. The molecule has 1 aliphatic rings. The molecule has 1 rings (SSSR count). The lowest BCUT2D eigenvalue weighted by molar-refractivity contribution is -0.147. The Hall–Kier alpha value is -1.52. The average Bonchev–Trinajstić information content (AvgIpc) is 2.68. The lowest BCUT2D eigenvalue weighted by Crippen LogP contribution is -2.51. The Kier molecular flexibility index (Phi) is 4.28. The molecule has 1 heterocycles. The maximum atomic E-state index is 12.5. The number of carboxylic acids is 1. The van der Waals surface area contributed by atoms with Crippen LogP contribution in [0.25, 0.3) is 0 Å². The summed E-state index contributed by atoms with van der Waals surface area (Å²) in [4.78, 5) is 27.1. The largest absolute Gasteiger partial charge is 0.481 e. The van der Waals surface area contributed by atoms with E-state index in [2.05, 4.69) is 6.58 Å². The van der Waals surface area contributed by atoms with E-state index in [0.717, 1.165) is 0 Å². The molecule has 1 fully saturated rings. The highest BCUT2D eigenvalue weighted by Crippen LogP contribution is 2.31. The zero-order chi connectivity index (χ0) is 14.8. The Morgan fingerprint density at radius 1 is 1.47 bits per heavy atom. The number of likely N-dealkylation sites (tertiary alicyclic amines) is 1. The van der Waals surface area contributed by atoms with Gasteiger partial charge in [-0.1, -0.05) is 6.08 Å². The molecule has 1 unspecified atom stereocenters. The van der Waals surface area contributed by atoms with Crippen molar-refractivity contribution in [3.05, 3.63) is 12.7 Å². The summed E-state index contributed by atoms with van der Waals surface area (Å²) in [6, 6.07) is -0.114. The molecule has 0 radical (unpaired) electrons. The molecule has 1 N–H and O–H groups in total. The normalized spacial score (nSPS) is 23.3. The van der Waals surface area contributed by atoms with Gasteiger partial charge in [-0.15, -0.1) is 6.58 Å². The second-order valence-electron chi connectivity index (χ2n) is 6.39. The molecule has 5 nitrogen and oxygen atoms in total. The number of aliphatic carboxylic acids is 1. The van der Waals surface area contributed by atoms with Crippen molar-refractivity contribution >= 4 is 12.0 Å². The van der Waals surface area contributed by atoms with Gasteiger partial charge in [-0.2, -0.15) is 0 Å². The maximum Gasteiger partial charge on any atom is 0.320 e. The number of hydrogen-bond acceptors (Lipinski definition) is 2. The number of carbonyl (C=O) groups excluding carboxylic acids is 1. The molecule has 5 heteroatoms. The SMILES string of the molecule is C=CCN(C(=O)N1CCC(C)(C(=O)O)C1)C(C)(C)C. The zero-order valence-electron chi connectivity index (χ0n) is 12.3. The standard InChI is InChI=1S/C14H24N2O3/c1-6-8-16(13(2,3)4)12(19)15-9-7-14(5,10-15)11(17)18/h6H,1,7-10H2,2-5H3,(H,17,18). The molecule has 1 saturated heterocycles. The van der Waals surface area contributed by atoms with E-state index in [1.165, 1.54) is 0 Å². The Morgan fingerprint density at radius 2 is 2.05 bits per heavy atom. The van der Waals surface area contributed by atoms with Crippen LogP contribution in [0.4, 0.5) is 4.79 Å². The summed E-state index contributed by atoms with van der Waals surface area (Å²) in [7, 11) is 0. The van der Waals surface area contributed by atoms with Crippen LogP contribution in [0, 0.1) is 5.41 Å². The van der Waals surface area contributed by atoms with E-state index in [4.69, 9.17) is 0 Å². The first-order chi connectivity index (χ1) is 8.62. The van der Waals surface area contributed by atoms with Crippen molar-refractivity contribution in [3.63, 3.8) is 0 Å². The highest BCUT2D eigenvalue weighted by atomic mass is 16.4. The van der Waals surface area contributed by atoms with Crippen LogP contribution >= 0.6 is 0 Å². The number of carbonyl (C=O) groups is 2. The van der Waals surface area contributed by atoms with Crippen molar-refractivity contribution in [3.8, 4) is 0 Å². The van der Waals surface area contributed by atoms with Gasteiger partial charge in [0.05, 0.1) is 5.41 Å². The molecule has 0 bridgehead atoms. The predicted molar refractivity (Wildman–Crippen MR) is 74.0 cm³/mol. The summed E-state index contributed by atoms with van der Waals surface area (Å²) in [6.45, 7) is 12.5. The predicted octanol–water partition coefficient (Wildman–Crippen LogP) is 2.19. The number of hydrogen-bond donors (Lipinski definition) is 1. The molecule has 2 amide bonds. The zero-order valence-corrected chi connectivity index (χ0v) is 12.3. The molecule has 0 saturated carbocycles. The fraction of sp³-hybridized carbons (Fsp3) is 0.714. The van der Waals surface area contributed by atoms with Crippen LogP contribution in [0.2, 0.25) is 0 Å². The highest BCUT2D eigenvalue weighted by molar-refractivity contribution is 5.80. The molecular weight excluding hydrogens is 244 g/mol. The molecule has 0 aromatic carbocycles. The molecule has 0 spiro atoms. The van der Waals surface area contributed by atoms with E-state index in [9.17, 15) is 14.7 Å². The summed E-state index contributed by atoms with van der Waals surface area (Å²) in [5, 5.41) is 9.21. The van der Waals surface area contributed by atoms with E-state index in [1.807, 2.05) is 20.8 Å². The van der Waals surface area contributed by atoms with E-state index in [0.29, 0.717) is 19.5 Å². The number of urea groups is 1. The van der Waals surface area contributed by atoms with Gasteiger partial charge in [0.1, 0.15) is 0 Å². The first kappa shape index (κ1) is 15.5. The minimum atomic E-state index is -0.839. The molecule has 0 aromatic rings. The quantitative estimate of drug-likeness (QED) is 0.798. The third-order valence-electron chi connectivity index (χ3n) is 3.61. The minimum Gasteiger partial charge on any atom is -0.481 e. The van der Waals surface area contributed by atoms with Crippen LogP contribution in [0.1, 0.15) is 34.1 Å². The lowest BCUT2D eigenvalue weighted by atomic mass is 9.90. The minimum absolute atomic E-state index is 0.114. The van der Waals surface area contributed by atoms with E-state index >= 15 is 0 Å². The monoisotopic (exact) mass is 268 g/mol. The van der Waals surface area contributed by atoms with E-state index in [-0.39, 0.29) is 18.1 Å². The average molecular weight is 268 g/mol. The first-order valence-corrected chi connectivity index (χ1v) is 6.52. The van der Waals surface area contributed by atoms with Crippen molar-refractivity contribution in [2.24, 2.45) is 5.41 Å². The molecule has 19 heavy (non-hydrogen) atoms. The molecule has 1 atom stereocenters. The van der Waals surface area contributed by atoms with Gasteiger partial charge in [-0.05, 0) is 34.1 Å². The Morgan fingerprint density at radius 3 is 2.42 bits per heavy atom. The van der Waals surface area contributed by atoms with Crippen molar-refractivity contribution in [1.82, 2.24) is 9.80 Å². The summed E-state index contributed by atoms with van der Waals surface area (Å²) in [5.74, 6) is -0.839. The summed E-state index contributed by atoms with van der Waals surface area (Å²) in [6.07, 6.45) is 2.19. The van der Waals surface area contributed by atoms with Gasteiger partial charge < -0.3 is 14.9 Å². The van der Waals surface area contributed by atoms with Crippen LogP contribution < -0.4 is 0 Å². The molecular formula is C14H24N2O3. The van der Waals surface area contributed by atoms with Crippen LogP contribution in [0.15, 0.2) is 12.7 Å². The summed E-state index contributed by atoms with van der Waals surface area (Å²) >= 11 is 0. The smallest absolute Gasteiger partial charge is 0.320 e. The van der Waals surface area contributed by atoms with Crippen LogP contribution in [0.5, 0.6) is 0 Å². The topological polar surface area (TPSA) is 60.9 Å². The fourth-order valence-electron chi connectivity index (χ4n) is 2.24. The number of nitrogens with zero attached hydrogens (tertiary/aromatic N) is 2. The summed E-state index contributed by atoms with van der Waals surface area (Å²) < 4.78 is 0. The fourth-order valence-corrected chi connectivity index (χ4v) is 2.24. The molecule has 108 valence electrons. The lowest BCUT2D eigenvalue weighted by Gasteiger charge is -2.37. The van der Waals surface area contributed by atoms with Gasteiger partial charge in [0.25, 0.3) is 0 Å². The van der Waals surface area contributed by atoms with Crippen LogP contribution in [0.3, 0.4) is 0 Å². The highest BCUT2D eigenvalue weighted by Gasteiger charge is 2.44. The van der Waals surface area contributed by atoms with Gasteiger partial charge in [-0.3, -0.25) is 4.79 Å². The molecule has 1 aliphatic heterocycles. The van der Waals surface area contributed by atoms with Crippen LogP contribution in [-0.4, -0.2) is 52.1 Å². The van der Waals surface area contributed by atoms with Gasteiger partial charge >= 0.3 is 12.0 Å². The van der Waals surface area contributed by atoms with Gasteiger partial charge in [0, 0.05) is 25.2 Å². The Balaban J connectivity index is 2.83. The Bertz CT molecular complexity index is 387. The second kappa shape index (κ2) is 5.23. The molecule has 0 aliphatic carbocycles. The number of amides is 2. The van der Waals surface area contributed by atoms with Gasteiger partial charge in [0.2, 0.25) is 0 Å². The van der Waals surface area contributed by atoms with Crippen molar-refractivity contribution in [1.29, 1.82) is 0 Å². The van der Waals surface area contributed by atoms with Crippen molar-refractivity contribution in [2.75, 3.05) is 19.6 Å². The Labute approximate surface area is 114 Å². The first-order valence-electron chi connectivity index (χ1n) is 6.52. The molecule has 0 aromatic heterocycles. The van der Waals surface area contributed by atoms with E-state index < -0.39 is 11.4 Å².